The van der Waals surface area contributed by atoms with Gasteiger partial charge in [-0.25, -0.2) is 0 Å². The van der Waals surface area contributed by atoms with Crippen LogP contribution in [-0.2, 0) is 18.4 Å². The van der Waals surface area contributed by atoms with Gasteiger partial charge in [0.2, 0.25) is 5.91 Å². The van der Waals surface area contributed by atoms with Gasteiger partial charge in [-0.1, -0.05) is 24.3 Å². The van der Waals surface area contributed by atoms with Crippen molar-refractivity contribution in [2.24, 2.45) is 12.0 Å². The van der Waals surface area contributed by atoms with E-state index in [1.807, 2.05) is 30.3 Å². The monoisotopic (exact) mass is 377 g/mol. The van der Waals surface area contributed by atoms with Crippen molar-refractivity contribution in [3.63, 3.8) is 0 Å². The first-order valence-electron chi connectivity index (χ1n) is 9.23. The molecule has 0 aliphatic carbocycles. The summed E-state index contributed by atoms with van der Waals surface area (Å²) in [7, 11) is 3.58. The molecule has 0 radical (unpaired) electrons. The third-order valence-corrected chi connectivity index (χ3v) is 4.89. The molecule has 1 fully saturated rings. The second-order valence-electron chi connectivity index (χ2n) is 6.73. The molecule has 0 bridgehead atoms. The average molecular weight is 377 g/mol. The summed E-state index contributed by atoms with van der Waals surface area (Å²) in [5.74, 6) is 0.751. The summed E-state index contributed by atoms with van der Waals surface area (Å²) in [5.41, 5.74) is 2.90. The summed E-state index contributed by atoms with van der Waals surface area (Å²) < 4.78 is 1.70. The number of fused-ring (bicyclic) bond motifs is 1. The maximum atomic E-state index is 12.6. The van der Waals surface area contributed by atoms with E-state index < -0.39 is 0 Å². The molecular formula is C20H23N7O. The molecule has 0 spiro atoms. The third-order valence-electron chi connectivity index (χ3n) is 4.89. The van der Waals surface area contributed by atoms with Crippen LogP contribution in [-0.4, -0.2) is 58.2 Å². The number of guanidine groups is 1. The number of para-hydroxylation sites is 1. The zero-order valence-corrected chi connectivity index (χ0v) is 16.0. The van der Waals surface area contributed by atoms with Gasteiger partial charge in [0.05, 0.1) is 17.4 Å². The number of aliphatic imine (C=N–C) groups is 1. The number of aromatic nitrogens is 3. The highest BCUT2D eigenvalue weighted by Crippen LogP contribution is 2.17. The van der Waals surface area contributed by atoms with Crippen molar-refractivity contribution in [1.82, 2.24) is 25.0 Å². The minimum atomic E-state index is 0.0361. The Hall–Kier alpha value is -3.42. The summed E-state index contributed by atoms with van der Waals surface area (Å²) in [6.07, 6.45) is 5.37. The van der Waals surface area contributed by atoms with E-state index in [2.05, 4.69) is 38.6 Å². The first-order chi connectivity index (χ1) is 13.7. The number of aryl methyl sites for hydroxylation is 1. The van der Waals surface area contributed by atoms with Crippen molar-refractivity contribution in [1.29, 1.82) is 0 Å². The predicted molar refractivity (Wildman–Crippen MR) is 109 cm³/mol. The molecule has 3 aromatic rings. The molecule has 1 saturated heterocycles. The summed E-state index contributed by atoms with van der Waals surface area (Å²) in [5, 5.41) is 8.64. The Morgan fingerprint density at radius 2 is 2.11 bits per heavy atom. The lowest BCUT2D eigenvalue weighted by molar-refractivity contribution is -0.120. The fourth-order valence-electron chi connectivity index (χ4n) is 3.49. The molecule has 1 aliphatic rings. The quantitative estimate of drug-likeness (QED) is 0.551. The molecule has 8 heteroatoms. The maximum Gasteiger partial charge on any atom is 0.246 e. The largest absolute Gasteiger partial charge is 0.352 e. The Morgan fingerprint density at radius 1 is 1.25 bits per heavy atom. The highest BCUT2D eigenvalue weighted by molar-refractivity contribution is 5.98. The second-order valence-corrected chi connectivity index (χ2v) is 6.73. The van der Waals surface area contributed by atoms with Crippen molar-refractivity contribution >= 4 is 28.5 Å². The Kier molecular flexibility index (Phi) is 4.92. The van der Waals surface area contributed by atoms with Crippen molar-refractivity contribution in [3.8, 4) is 0 Å². The zero-order chi connectivity index (χ0) is 19.5. The number of pyridine rings is 1. The van der Waals surface area contributed by atoms with Gasteiger partial charge in [0.15, 0.2) is 5.96 Å². The molecule has 8 nitrogen and oxygen atoms in total. The Morgan fingerprint density at radius 3 is 2.86 bits per heavy atom. The van der Waals surface area contributed by atoms with E-state index in [4.69, 9.17) is 0 Å². The number of anilines is 1. The highest BCUT2D eigenvalue weighted by Gasteiger charge is 2.27. The van der Waals surface area contributed by atoms with Gasteiger partial charge in [0, 0.05) is 51.5 Å². The third kappa shape index (κ3) is 3.53. The molecule has 1 N–H and O–H groups in total. The first-order valence-corrected chi connectivity index (χ1v) is 9.23. The van der Waals surface area contributed by atoms with Gasteiger partial charge in [-0.2, -0.15) is 5.10 Å². The minimum absolute atomic E-state index is 0.0361. The zero-order valence-electron chi connectivity index (χ0n) is 16.0. The first kappa shape index (κ1) is 18.0. The van der Waals surface area contributed by atoms with Crippen molar-refractivity contribution in [2.45, 2.75) is 6.54 Å². The molecule has 1 aliphatic heterocycles. The van der Waals surface area contributed by atoms with Gasteiger partial charge in [-0.3, -0.25) is 19.5 Å². The summed E-state index contributed by atoms with van der Waals surface area (Å²) in [4.78, 5) is 25.2. The number of benzene rings is 1. The Bertz CT molecular complexity index is 1020. The number of hydrogen-bond acceptors (Lipinski definition) is 4. The summed E-state index contributed by atoms with van der Waals surface area (Å²) in [6, 6.07) is 10.1. The standard InChI is InChI=1S/C20H23N7O/c1-21-20(23-11-16-6-3-5-15-7-4-8-22-19(15)16)26-9-10-27(18(28)14-26)17-12-24-25(2)13-17/h3-8,12-13H,9-11,14H2,1-2H3,(H,21,23). The number of nitrogens with zero attached hydrogens (tertiary/aromatic N) is 6. The van der Waals surface area contributed by atoms with E-state index in [1.165, 1.54) is 0 Å². The van der Waals surface area contributed by atoms with Gasteiger partial charge in [-0.15, -0.1) is 0 Å². The van der Waals surface area contributed by atoms with E-state index in [0.29, 0.717) is 25.6 Å². The summed E-state index contributed by atoms with van der Waals surface area (Å²) >= 11 is 0. The summed E-state index contributed by atoms with van der Waals surface area (Å²) in [6.45, 7) is 2.18. The normalized spacial score (nSPS) is 15.4. The molecule has 144 valence electrons. The number of rotatable bonds is 3. The minimum Gasteiger partial charge on any atom is -0.352 e. The number of amides is 1. The number of nitrogens with one attached hydrogen (secondary N) is 1. The maximum absolute atomic E-state index is 12.6. The van der Waals surface area contributed by atoms with E-state index in [1.54, 1.807) is 29.0 Å². The van der Waals surface area contributed by atoms with Crippen LogP contribution in [0.25, 0.3) is 10.9 Å². The van der Waals surface area contributed by atoms with Gasteiger partial charge >= 0.3 is 0 Å². The van der Waals surface area contributed by atoms with E-state index in [9.17, 15) is 4.79 Å². The molecular weight excluding hydrogens is 354 g/mol. The van der Waals surface area contributed by atoms with Crippen LogP contribution in [0.4, 0.5) is 5.69 Å². The lowest BCUT2D eigenvalue weighted by Crippen LogP contribution is -2.55. The fraction of sp³-hybridized carbons (Fsp3) is 0.300. The molecule has 3 heterocycles. The van der Waals surface area contributed by atoms with Gasteiger partial charge in [0.1, 0.15) is 6.54 Å². The Balaban J connectivity index is 1.43. The van der Waals surface area contributed by atoms with Crippen LogP contribution in [0.1, 0.15) is 5.56 Å². The van der Waals surface area contributed by atoms with Crippen LogP contribution >= 0.6 is 0 Å². The van der Waals surface area contributed by atoms with Crippen LogP contribution < -0.4 is 10.2 Å². The molecule has 1 aromatic carbocycles. The number of hydrogen-bond donors (Lipinski definition) is 1. The fourth-order valence-corrected chi connectivity index (χ4v) is 3.49. The highest BCUT2D eigenvalue weighted by atomic mass is 16.2. The lowest BCUT2D eigenvalue weighted by atomic mass is 10.1. The average Bonchev–Trinajstić information content (AvgIpc) is 3.14. The van der Waals surface area contributed by atoms with E-state index >= 15 is 0 Å². The van der Waals surface area contributed by atoms with Crippen LogP contribution in [0, 0.1) is 0 Å². The van der Waals surface area contributed by atoms with Crippen molar-refractivity contribution < 1.29 is 4.79 Å². The smallest absolute Gasteiger partial charge is 0.246 e. The topological polar surface area (TPSA) is 78.7 Å². The number of carbonyl (C=O) groups is 1. The second kappa shape index (κ2) is 7.67. The predicted octanol–water partition coefficient (Wildman–Crippen LogP) is 1.39. The molecule has 0 atom stereocenters. The molecule has 0 saturated carbocycles. The SMILES string of the molecule is CN=C(NCc1cccc2cccnc12)N1CCN(c2cnn(C)c2)C(=O)C1. The molecule has 1 amide bonds. The van der Waals surface area contributed by atoms with Crippen molar-refractivity contribution in [3.05, 3.63) is 54.5 Å². The van der Waals surface area contributed by atoms with E-state index in [0.717, 1.165) is 22.2 Å². The molecule has 0 unspecified atom stereocenters. The Labute approximate surface area is 163 Å². The molecule has 2 aromatic heterocycles. The number of piperazine rings is 1. The van der Waals surface area contributed by atoms with Crippen LogP contribution in [0.15, 0.2) is 53.9 Å². The van der Waals surface area contributed by atoms with Gasteiger partial charge in [0.25, 0.3) is 0 Å². The van der Waals surface area contributed by atoms with Gasteiger partial charge in [-0.05, 0) is 11.6 Å². The van der Waals surface area contributed by atoms with Crippen LogP contribution in [0.2, 0.25) is 0 Å². The van der Waals surface area contributed by atoms with Crippen molar-refractivity contribution in [2.75, 3.05) is 31.6 Å². The van der Waals surface area contributed by atoms with Gasteiger partial charge < -0.3 is 15.1 Å². The van der Waals surface area contributed by atoms with E-state index in [-0.39, 0.29) is 12.5 Å². The molecule has 4 rings (SSSR count). The lowest BCUT2D eigenvalue weighted by Gasteiger charge is -2.35. The van der Waals surface area contributed by atoms with Crippen LogP contribution in [0.3, 0.4) is 0 Å². The van der Waals surface area contributed by atoms with Crippen LogP contribution in [0.5, 0.6) is 0 Å². The molecule has 28 heavy (non-hydrogen) atoms. The number of carbonyl (C=O) groups excluding carboxylic acids is 1.